The average Bonchev–Trinajstić information content (AvgIpc) is 2.38. The highest BCUT2D eigenvalue weighted by atomic mass is 16.5. The highest BCUT2D eigenvalue weighted by Gasteiger charge is 2.44. The van der Waals surface area contributed by atoms with Gasteiger partial charge in [-0.15, -0.1) is 0 Å². The summed E-state index contributed by atoms with van der Waals surface area (Å²) in [6, 6.07) is 0. The number of rotatable bonds is 5. The van der Waals surface area contributed by atoms with E-state index in [-0.39, 0.29) is 17.8 Å². The fourth-order valence-corrected chi connectivity index (χ4v) is 2.76. The fraction of sp³-hybridized carbons (Fsp3) is 0.750. The van der Waals surface area contributed by atoms with Crippen LogP contribution in [0.1, 0.15) is 41.0 Å². The van der Waals surface area contributed by atoms with Gasteiger partial charge in [0.15, 0.2) is 0 Å². The normalized spacial score (nSPS) is 31.4. The summed E-state index contributed by atoms with van der Waals surface area (Å²) in [7, 11) is 0. The smallest absolute Gasteiger partial charge is 0.310 e. The molecule has 0 saturated heterocycles. The van der Waals surface area contributed by atoms with E-state index in [9.17, 15) is 14.7 Å². The van der Waals surface area contributed by atoms with Crippen LogP contribution in [0.2, 0.25) is 0 Å². The predicted octanol–water partition coefficient (Wildman–Crippen LogP) is 3.12. The minimum absolute atomic E-state index is 0.0864. The number of carboxylic acids is 1. The van der Waals surface area contributed by atoms with E-state index in [0.717, 1.165) is 12.0 Å². The van der Waals surface area contributed by atoms with E-state index in [1.54, 1.807) is 0 Å². The zero-order valence-corrected chi connectivity index (χ0v) is 13.1. The Morgan fingerprint density at radius 1 is 1.35 bits per heavy atom. The van der Waals surface area contributed by atoms with Crippen molar-refractivity contribution in [2.75, 3.05) is 6.61 Å². The zero-order valence-electron chi connectivity index (χ0n) is 13.1. The second-order valence-electron chi connectivity index (χ2n) is 6.09. The lowest BCUT2D eigenvalue weighted by atomic mass is 9.68. The number of hydrogen-bond donors (Lipinski definition) is 1. The van der Waals surface area contributed by atoms with Crippen LogP contribution in [0.25, 0.3) is 0 Å². The highest BCUT2D eigenvalue weighted by Crippen LogP contribution is 2.39. The summed E-state index contributed by atoms with van der Waals surface area (Å²) in [6.45, 7) is 10.1. The highest BCUT2D eigenvalue weighted by molar-refractivity contribution is 5.82. The van der Waals surface area contributed by atoms with Gasteiger partial charge in [-0.2, -0.15) is 0 Å². The quantitative estimate of drug-likeness (QED) is 0.621. The largest absolute Gasteiger partial charge is 0.481 e. The van der Waals surface area contributed by atoms with Crippen molar-refractivity contribution in [1.29, 1.82) is 0 Å². The molecule has 0 bridgehead atoms. The molecule has 0 spiro atoms. The van der Waals surface area contributed by atoms with Crippen LogP contribution in [-0.4, -0.2) is 23.7 Å². The molecular weight excluding hydrogens is 256 g/mol. The number of hydrogen-bond acceptors (Lipinski definition) is 3. The van der Waals surface area contributed by atoms with Crippen LogP contribution in [0.5, 0.6) is 0 Å². The molecule has 0 saturated carbocycles. The Hall–Kier alpha value is -1.32. The first-order valence-electron chi connectivity index (χ1n) is 7.37. The summed E-state index contributed by atoms with van der Waals surface area (Å²) in [5.41, 5.74) is 1.07. The lowest BCUT2D eigenvalue weighted by Crippen LogP contribution is -2.42. The summed E-state index contributed by atoms with van der Waals surface area (Å²) in [6.07, 6.45) is 2.90. The van der Waals surface area contributed by atoms with Crippen LogP contribution < -0.4 is 0 Å². The van der Waals surface area contributed by atoms with Gasteiger partial charge in [0.1, 0.15) is 0 Å². The number of ether oxygens (including phenoxy) is 1. The SMILES string of the molecule is CCC(C)COC(=O)C1C(C)C(C)=CC(C)C1C(=O)O. The van der Waals surface area contributed by atoms with E-state index in [1.807, 2.05) is 40.7 Å². The van der Waals surface area contributed by atoms with Gasteiger partial charge in [0.25, 0.3) is 0 Å². The topological polar surface area (TPSA) is 63.6 Å². The Kier molecular flexibility index (Phi) is 5.78. The first kappa shape index (κ1) is 16.7. The van der Waals surface area contributed by atoms with Crippen LogP contribution in [-0.2, 0) is 14.3 Å². The molecule has 5 unspecified atom stereocenters. The van der Waals surface area contributed by atoms with Gasteiger partial charge in [-0.1, -0.05) is 45.8 Å². The van der Waals surface area contributed by atoms with Crippen molar-refractivity contribution in [3.8, 4) is 0 Å². The second kappa shape index (κ2) is 6.91. The summed E-state index contributed by atoms with van der Waals surface area (Å²) in [5, 5.41) is 9.42. The number of carbonyl (C=O) groups is 2. The van der Waals surface area contributed by atoms with Crippen LogP contribution in [0.4, 0.5) is 0 Å². The second-order valence-corrected chi connectivity index (χ2v) is 6.09. The predicted molar refractivity (Wildman–Crippen MR) is 77.1 cm³/mol. The van der Waals surface area contributed by atoms with E-state index in [1.165, 1.54) is 0 Å². The molecule has 0 aromatic rings. The molecular formula is C16H26O4. The maximum Gasteiger partial charge on any atom is 0.310 e. The van der Waals surface area contributed by atoms with E-state index in [4.69, 9.17) is 4.74 Å². The van der Waals surface area contributed by atoms with Gasteiger partial charge >= 0.3 is 11.9 Å². The lowest BCUT2D eigenvalue weighted by molar-refractivity contribution is -0.162. The molecule has 0 aliphatic heterocycles. The Labute approximate surface area is 121 Å². The van der Waals surface area contributed by atoms with Gasteiger partial charge in [0.05, 0.1) is 18.4 Å². The van der Waals surface area contributed by atoms with Crippen molar-refractivity contribution < 1.29 is 19.4 Å². The maximum absolute atomic E-state index is 12.3. The third kappa shape index (κ3) is 3.62. The first-order chi connectivity index (χ1) is 9.29. The van der Waals surface area contributed by atoms with Crippen molar-refractivity contribution in [2.24, 2.45) is 29.6 Å². The van der Waals surface area contributed by atoms with E-state index >= 15 is 0 Å². The molecule has 0 aromatic heterocycles. The number of aliphatic carboxylic acids is 1. The molecule has 0 aromatic carbocycles. The minimum Gasteiger partial charge on any atom is -0.481 e. The Morgan fingerprint density at radius 3 is 2.45 bits per heavy atom. The molecule has 1 aliphatic carbocycles. The maximum atomic E-state index is 12.3. The number of esters is 1. The Bertz CT molecular complexity index is 399. The lowest BCUT2D eigenvalue weighted by Gasteiger charge is -2.35. The molecule has 5 atom stereocenters. The molecule has 1 N–H and O–H groups in total. The minimum atomic E-state index is -0.918. The van der Waals surface area contributed by atoms with E-state index < -0.39 is 17.8 Å². The van der Waals surface area contributed by atoms with Gasteiger partial charge in [-0.05, 0) is 24.7 Å². The number of carboxylic acid groups (broad SMARTS) is 1. The summed E-state index contributed by atoms with van der Waals surface area (Å²) in [5.74, 6) is -2.51. The van der Waals surface area contributed by atoms with Crippen LogP contribution >= 0.6 is 0 Å². The van der Waals surface area contributed by atoms with E-state index in [2.05, 4.69) is 0 Å². The summed E-state index contributed by atoms with van der Waals surface area (Å²) in [4.78, 5) is 23.8. The van der Waals surface area contributed by atoms with Gasteiger partial charge in [-0.3, -0.25) is 9.59 Å². The molecule has 4 nitrogen and oxygen atoms in total. The van der Waals surface area contributed by atoms with Gasteiger partial charge in [0.2, 0.25) is 0 Å². The first-order valence-corrected chi connectivity index (χ1v) is 7.37. The number of carbonyl (C=O) groups excluding carboxylic acids is 1. The Balaban J connectivity index is 2.90. The third-order valence-electron chi connectivity index (χ3n) is 4.50. The molecule has 1 aliphatic rings. The standard InChI is InChI=1S/C16H26O4/c1-6-9(2)8-20-16(19)14-12(5)10(3)7-11(4)13(14)15(17)18/h7,9,11-14H,6,8H2,1-5H3,(H,17,18). The van der Waals surface area contributed by atoms with Crippen molar-refractivity contribution in [1.82, 2.24) is 0 Å². The molecule has 4 heteroatoms. The van der Waals surface area contributed by atoms with Crippen LogP contribution in [0.3, 0.4) is 0 Å². The number of allylic oxidation sites excluding steroid dienone is 2. The molecule has 114 valence electrons. The van der Waals surface area contributed by atoms with Gasteiger partial charge in [0, 0.05) is 0 Å². The fourth-order valence-electron chi connectivity index (χ4n) is 2.76. The van der Waals surface area contributed by atoms with Gasteiger partial charge < -0.3 is 9.84 Å². The molecule has 1 rings (SSSR count). The summed E-state index contributed by atoms with van der Waals surface area (Å²) < 4.78 is 5.35. The molecule has 0 radical (unpaired) electrons. The van der Waals surface area contributed by atoms with Crippen LogP contribution in [0.15, 0.2) is 11.6 Å². The van der Waals surface area contributed by atoms with E-state index in [0.29, 0.717) is 12.5 Å². The average molecular weight is 282 g/mol. The van der Waals surface area contributed by atoms with Crippen molar-refractivity contribution in [3.63, 3.8) is 0 Å². The van der Waals surface area contributed by atoms with Crippen molar-refractivity contribution in [3.05, 3.63) is 11.6 Å². The van der Waals surface area contributed by atoms with Crippen molar-refractivity contribution in [2.45, 2.75) is 41.0 Å². The molecule has 20 heavy (non-hydrogen) atoms. The molecule has 0 amide bonds. The summed E-state index contributed by atoms with van der Waals surface area (Å²) >= 11 is 0. The third-order valence-corrected chi connectivity index (χ3v) is 4.50. The molecule has 0 heterocycles. The molecule has 0 fully saturated rings. The zero-order chi connectivity index (χ0) is 15.4. The Morgan fingerprint density at radius 2 is 1.95 bits per heavy atom. The monoisotopic (exact) mass is 282 g/mol. The van der Waals surface area contributed by atoms with Crippen LogP contribution in [0, 0.1) is 29.6 Å². The van der Waals surface area contributed by atoms with Crippen molar-refractivity contribution >= 4 is 11.9 Å². The van der Waals surface area contributed by atoms with Gasteiger partial charge in [-0.25, -0.2) is 0 Å².